The standard InChI is InChI=1S/C16H23NO5/c1-5-22-14-9-11(6-7-13(14)21-4)15(18)17-12(16(19)20)8-10(2)3/h6-7,9-10,12H,5,8H2,1-4H3,(H,17,18)(H,19,20). The summed E-state index contributed by atoms with van der Waals surface area (Å²) in [5, 5.41) is 11.7. The van der Waals surface area contributed by atoms with Crippen LogP contribution in [-0.2, 0) is 4.79 Å². The van der Waals surface area contributed by atoms with Crippen LogP contribution in [0.3, 0.4) is 0 Å². The predicted octanol–water partition coefficient (Wildman–Crippen LogP) is 2.32. The molecule has 0 heterocycles. The lowest BCUT2D eigenvalue weighted by molar-refractivity contribution is -0.139. The molecule has 0 saturated carbocycles. The molecule has 0 fully saturated rings. The Kier molecular flexibility index (Phi) is 6.69. The van der Waals surface area contributed by atoms with Crippen molar-refractivity contribution in [2.75, 3.05) is 13.7 Å². The van der Waals surface area contributed by atoms with Crippen molar-refractivity contribution in [3.63, 3.8) is 0 Å². The molecule has 2 N–H and O–H groups in total. The Morgan fingerprint density at radius 3 is 2.45 bits per heavy atom. The van der Waals surface area contributed by atoms with E-state index in [1.54, 1.807) is 18.2 Å². The molecule has 0 bridgehead atoms. The summed E-state index contributed by atoms with van der Waals surface area (Å²) in [6, 6.07) is 3.83. The van der Waals surface area contributed by atoms with Gasteiger partial charge in [0.1, 0.15) is 6.04 Å². The molecule has 0 aliphatic carbocycles. The van der Waals surface area contributed by atoms with Gasteiger partial charge in [0, 0.05) is 5.56 Å². The molecule has 22 heavy (non-hydrogen) atoms. The van der Waals surface area contributed by atoms with Crippen molar-refractivity contribution in [2.24, 2.45) is 5.92 Å². The highest BCUT2D eigenvalue weighted by atomic mass is 16.5. The second kappa shape index (κ2) is 8.26. The summed E-state index contributed by atoms with van der Waals surface area (Å²) < 4.78 is 10.6. The first-order chi connectivity index (χ1) is 10.4. The number of benzene rings is 1. The van der Waals surface area contributed by atoms with Gasteiger partial charge in [-0.1, -0.05) is 13.8 Å². The number of carbonyl (C=O) groups is 2. The van der Waals surface area contributed by atoms with E-state index in [2.05, 4.69) is 5.32 Å². The summed E-state index contributed by atoms with van der Waals surface area (Å²) in [4.78, 5) is 23.4. The molecule has 1 unspecified atom stereocenters. The number of ether oxygens (including phenoxy) is 2. The molecule has 1 amide bonds. The predicted molar refractivity (Wildman–Crippen MR) is 82.5 cm³/mol. The van der Waals surface area contributed by atoms with Crippen molar-refractivity contribution < 1.29 is 24.2 Å². The molecule has 0 aliphatic heterocycles. The molecule has 0 radical (unpaired) electrons. The SMILES string of the molecule is CCOc1cc(C(=O)NC(CC(C)C)C(=O)O)ccc1OC. The van der Waals surface area contributed by atoms with E-state index in [0.29, 0.717) is 30.1 Å². The zero-order valence-electron chi connectivity index (χ0n) is 13.4. The molecule has 0 aliphatic rings. The number of amides is 1. The normalized spacial score (nSPS) is 11.9. The van der Waals surface area contributed by atoms with Crippen molar-refractivity contribution in [1.82, 2.24) is 5.32 Å². The van der Waals surface area contributed by atoms with E-state index in [1.807, 2.05) is 20.8 Å². The third-order valence-electron chi connectivity index (χ3n) is 3.04. The Morgan fingerprint density at radius 1 is 1.27 bits per heavy atom. The first kappa shape index (κ1) is 17.8. The van der Waals surface area contributed by atoms with E-state index in [0.717, 1.165) is 0 Å². The number of hydrogen-bond acceptors (Lipinski definition) is 4. The lowest BCUT2D eigenvalue weighted by Crippen LogP contribution is -2.41. The number of methoxy groups -OCH3 is 1. The second-order valence-electron chi connectivity index (χ2n) is 5.29. The highest BCUT2D eigenvalue weighted by molar-refractivity contribution is 5.97. The number of carbonyl (C=O) groups excluding carboxylic acids is 1. The number of nitrogens with one attached hydrogen (secondary N) is 1. The highest BCUT2D eigenvalue weighted by Gasteiger charge is 2.22. The largest absolute Gasteiger partial charge is 0.493 e. The van der Waals surface area contributed by atoms with Gasteiger partial charge < -0.3 is 19.9 Å². The summed E-state index contributed by atoms with van der Waals surface area (Å²) in [5.41, 5.74) is 0.333. The number of rotatable bonds is 8. The van der Waals surface area contributed by atoms with Crippen LogP contribution in [0.15, 0.2) is 18.2 Å². The first-order valence-electron chi connectivity index (χ1n) is 7.23. The summed E-state index contributed by atoms with van der Waals surface area (Å²) in [7, 11) is 1.51. The Balaban J connectivity index is 2.92. The fraction of sp³-hybridized carbons (Fsp3) is 0.500. The molecular weight excluding hydrogens is 286 g/mol. The average Bonchev–Trinajstić information content (AvgIpc) is 2.46. The minimum atomic E-state index is -1.04. The van der Waals surface area contributed by atoms with Gasteiger partial charge in [-0.25, -0.2) is 4.79 Å². The van der Waals surface area contributed by atoms with Crippen LogP contribution in [-0.4, -0.2) is 36.7 Å². The Labute approximate surface area is 130 Å². The number of hydrogen-bond donors (Lipinski definition) is 2. The minimum absolute atomic E-state index is 0.163. The average molecular weight is 309 g/mol. The lowest BCUT2D eigenvalue weighted by atomic mass is 10.0. The number of carboxylic acid groups (broad SMARTS) is 1. The van der Waals surface area contributed by atoms with E-state index < -0.39 is 17.9 Å². The van der Waals surface area contributed by atoms with Crippen molar-refractivity contribution >= 4 is 11.9 Å². The summed E-state index contributed by atoms with van der Waals surface area (Å²) in [5.74, 6) is -0.350. The van der Waals surface area contributed by atoms with E-state index >= 15 is 0 Å². The highest BCUT2D eigenvalue weighted by Crippen LogP contribution is 2.28. The maximum absolute atomic E-state index is 12.2. The van der Waals surface area contributed by atoms with Crippen LogP contribution >= 0.6 is 0 Å². The van der Waals surface area contributed by atoms with Crippen LogP contribution in [0.4, 0.5) is 0 Å². The van der Waals surface area contributed by atoms with Crippen molar-refractivity contribution in [2.45, 2.75) is 33.2 Å². The summed E-state index contributed by atoms with van der Waals surface area (Å²) in [6.45, 7) is 6.08. The van der Waals surface area contributed by atoms with E-state index in [1.165, 1.54) is 7.11 Å². The fourth-order valence-electron chi connectivity index (χ4n) is 2.02. The summed E-state index contributed by atoms with van der Waals surface area (Å²) >= 11 is 0. The van der Waals surface area contributed by atoms with Gasteiger partial charge in [0.15, 0.2) is 11.5 Å². The Morgan fingerprint density at radius 2 is 1.95 bits per heavy atom. The van der Waals surface area contributed by atoms with Gasteiger partial charge in [-0.3, -0.25) is 4.79 Å². The van der Waals surface area contributed by atoms with Gasteiger partial charge in [-0.15, -0.1) is 0 Å². The van der Waals surface area contributed by atoms with E-state index in [4.69, 9.17) is 9.47 Å². The quantitative estimate of drug-likeness (QED) is 0.770. The van der Waals surface area contributed by atoms with Gasteiger partial charge >= 0.3 is 5.97 Å². The molecule has 1 aromatic rings. The molecule has 1 atom stereocenters. The monoisotopic (exact) mass is 309 g/mol. The van der Waals surface area contributed by atoms with Gasteiger partial charge in [0.05, 0.1) is 13.7 Å². The molecule has 0 spiro atoms. The number of carboxylic acids is 1. The molecule has 1 rings (SSSR count). The van der Waals surface area contributed by atoms with Crippen LogP contribution in [0.5, 0.6) is 11.5 Å². The molecule has 0 aromatic heterocycles. The van der Waals surface area contributed by atoms with Gasteiger partial charge in [0.2, 0.25) is 0 Å². The Bertz CT molecular complexity index is 527. The molecular formula is C16H23NO5. The van der Waals surface area contributed by atoms with Gasteiger partial charge in [0.25, 0.3) is 5.91 Å². The smallest absolute Gasteiger partial charge is 0.326 e. The minimum Gasteiger partial charge on any atom is -0.493 e. The molecule has 6 heteroatoms. The van der Waals surface area contributed by atoms with Crippen molar-refractivity contribution in [1.29, 1.82) is 0 Å². The summed E-state index contributed by atoms with van der Waals surface area (Å²) in [6.07, 6.45) is 0.371. The molecule has 122 valence electrons. The van der Waals surface area contributed by atoms with Crippen molar-refractivity contribution in [3.8, 4) is 11.5 Å². The van der Waals surface area contributed by atoms with E-state index in [-0.39, 0.29) is 5.92 Å². The fourth-order valence-corrected chi connectivity index (χ4v) is 2.02. The van der Waals surface area contributed by atoms with Gasteiger partial charge in [-0.05, 0) is 37.5 Å². The van der Waals surface area contributed by atoms with Crippen LogP contribution in [0.1, 0.15) is 37.6 Å². The lowest BCUT2D eigenvalue weighted by Gasteiger charge is -2.17. The topological polar surface area (TPSA) is 84.9 Å². The number of aliphatic carboxylic acids is 1. The zero-order chi connectivity index (χ0) is 16.7. The third kappa shape index (κ3) is 4.95. The van der Waals surface area contributed by atoms with E-state index in [9.17, 15) is 14.7 Å². The molecule has 0 saturated heterocycles. The maximum atomic E-state index is 12.2. The third-order valence-corrected chi connectivity index (χ3v) is 3.04. The van der Waals surface area contributed by atoms with Crippen molar-refractivity contribution in [3.05, 3.63) is 23.8 Å². The van der Waals surface area contributed by atoms with Crippen LogP contribution in [0.2, 0.25) is 0 Å². The maximum Gasteiger partial charge on any atom is 0.326 e. The van der Waals surface area contributed by atoms with Crippen LogP contribution < -0.4 is 14.8 Å². The first-order valence-corrected chi connectivity index (χ1v) is 7.23. The van der Waals surface area contributed by atoms with Crippen LogP contribution in [0, 0.1) is 5.92 Å². The Hall–Kier alpha value is -2.24. The van der Waals surface area contributed by atoms with Gasteiger partial charge in [-0.2, -0.15) is 0 Å². The molecule has 1 aromatic carbocycles. The van der Waals surface area contributed by atoms with Crippen LogP contribution in [0.25, 0.3) is 0 Å². The second-order valence-corrected chi connectivity index (χ2v) is 5.29. The molecule has 6 nitrogen and oxygen atoms in total. The zero-order valence-corrected chi connectivity index (χ0v) is 13.4.